The van der Waals surface area contributed by atoms with Gasteiger partial charge in [0.25, 0.3) is 0 Å². The molecule has 366 valence electrons. The van der Waals surface area contributed by atoms with Gasteiger partial charge in [0.15, 0.2) is 0 Å². The van der Waals surface area contributed by atoms with Crippen molar-refractivity contribution in [1.82, 2.24) is 0 Å². The Morgan fingerprint density at radius 3 is 1.24 bits per heavy atom. The maximum atomic E-state index is 13.6. The van der Waals surface area contributed by atoms with Gasteiger partial charge >= 0.3 is 23.9 Å². The highest BCUT2D eigenvalue weighted by atomic mass is 16.5. The van der Waals surface area contributed by atoms with Crippen LogP contribution in [0.1, 0.15) is 204 Å². The van der Waals surface area contributed by atoms with E-state index in [-0.39, 0.29) is 36.1 Å². The molecule has 0 spiro atoms. The Balaban J connectivity index is 0.742. The minimum Gasteiger partial charge on any atom is -0.469 e. The summed E-state index contributed by atoms with van der Waals surface area (Å²) in [7, 11) is 3.00. The van der Waals surface area contributed by atoms with Gasteiger partial charge in [-0.15, -0.1) is 0 Å². The Morgan fingerprint density at radius 2 is 0.864 bits per heavy atom. The highest BCUT2D eigenvalue weighted by Crippen LogP contribution is 2.70. The van der Waals surface area contributed by atoms with E-state index in [1.807, 2.05) is 0 Å². The summed E-state index contributed by atoms with van der Waals surface area (Å²) in [5.41, 5.74) is 2.34. The molecule has 8 saturated carbocycles. The first kappa shape index (κ1) is 48.1. The predicted octanol–water partition coefficient (Wildman–Crippen LogP) is 13.2. The molecule has 0 bridgehead atoms. The van der Waals surface area contributed by atoms with E-state index in [1.165, 1.54) is 91.3 Å². The maximum Gasteiger partial charge on any atom is 0.338 e. The van der Waals surface area contributed by atoms with Gasteiger partial charge in [0.2, 0.25) is 0 Å². The van der Waals surface area contributed by atoms with Crippen LogP contribution >= 0.6 is 0 Å². The molecule has 8 fully saturated rings. The summed E-state index contributed by atoms with van der Waals surface area (Å²) in [5, 5.41) is 0. The number of rotatable bonds is 12. The first-order valence-electron chi connectivity index (χ1n) is 27.2. The van der Waals surface area contributed by atoms with Gasteiger partial charge in [-0.1, -0.05) is 41.5 Å². The van der Waals surface area contributed by atoms with Crippen molar-refractivity contribution in [2.75, 3.05) is 14.2 Å². The molecular weight excluding hydrogens is 825 g/mol. The zero-order valence-electron chi connectivity index (χ0n) is 42.2. The molecule has 8 nitrogen and oxygen atoms in total. The van der Waals surface area contributed by atoms with Crippen LogP contribution in [0.4, 0.5) is 0 Å². The van der Waals surface area contributed by atoms with Crippen molar-refractivity contribution in [3.63, 3.8) is 0 Å². The van der Waals surface area contributed by atoms with Gasteiger partial charge in [0, 0.05) is 12.8 Å². The number of fused-ring (bicyclic) bond motifs is 10. The lowest BCUT2D eigenvalue weighted by Gasteiger charge is -2.61. The number of esters is 4. The minimum atomic E-state index is -0.282. The van der Waals surface area contributed by atoms with Crippen LogP contribution in [0.2, 0.25) is 0 Å². The molecule has 0 unspecified atom stereocenters. The second-order valence-electron chi connectivity index (χ2n) is 25.1. The van der Waals surface area contributed by atoms with Gasteiger partial charge in [0.05, 0.1) is 25.3 Å². The molecule has 0 saturated heterocycles. The smallest absolute Gasteiger partial charge is 0.338 e. The summed E-state index contributed by atoms with van der Waals surface area (Å²) < 4.78 is 22.5. The number of carbonyl (C=O) groups is 4. The van der Waals surface area contributed by atoms with Crippen LogP contribution in [-0.4, -0.2) is 50.3 Å². The van der Waals surface area contributed by atoms with Gasteiger partial charge in [-0.2, -0.15) is 0 Å². The van der Waals surface area contributed by atoms with Crippen LogP contribution < -0.4 is 0 Å². The third kappa shape index (κ3) is 8.50. The maximum absolute atomic E-state index is 13.6. The van der Waals surface area contributed by atoms with Crippen LogP contribution in [0.15, 0.2) is 24.3 Å². The number of hydrogen-bond donors (Lipinski definition) is 0. The second kappa shape index (κ2) is 18.8. The molecule has 0 amide bonds. The van der Waals surface area contributed by atoms with E-state index in [0.717, 1.165) is 86.9 Å². The lowest BCUT2D eigenvalue weighted by molar-refractivity contribution is -0.142. The number of carbonyl (C=O) groups excluding carboxylic acids is 4. The number of hydrogen-bond acceptors (Lipinski definition) is 8. The van der Waals surface area contributed by atoms with Crippen molar-refractivity contribution in [2.24, 2.45) is 92.7 Å². The summed E-state index contributed by atoms with van der Waals surface area (Å²) in [6.07, 6.45) is 24.2. The molecule has 9 rings (SSSR count). The van der Waals surface area contributed by atoms with Gasteiger partial charge in [-0.05, 0) is 245 Å². The molecule has 0 heterocycles. The molecule has 0 aromatic heterocycles. The second-order valence-corrected chi connectivity index (χ2v) is 25.1. The molecule has 8 heteroatoms. The van der Waals surface area contributed by atoms with Crippen molar-refractivity contribution in [3.8, 4) is 0 Å². The number of benzene rings is 1. The van der Waals surface area contributed by atoms with Gasteiger partial charge < -0.3 is 18.9 Å². The molecule has 1 aromatic rings. The minimum absolute atomic E-state index is 0.0644. The van der Waals surface area contributed by atoms with Gasteiger partial charge in [-0.3, -0.25) is 9.59 Å². The largest absolute Gasteiger partial charge is 0.469 e. The molecule has 66 heavy (non-hydrogen) atoms. The van der Waals surface area contributed by atoms with Crippen molar-refractivity contribution in [3.05, 3.63) is 35.4 Å². The van der Waals surface area contributed by atoms with Crippen LogP contribution in [0.25, 0.3) is 0 Å². The molecule has 18 atom stereocenters. The molecule has 8 aliphatic carbocycles. The van der Waals surface area contributed by atoms with E-state index in [4.69, 9.17) is 18.9 Å². The summed E-state index contributed by atoms with van der Waals surface area (Å²) in [6, 6.07) is 7.02. The van der Waals surface area contributed by atoms with E-state index < -0.39 is 0 Å². The molecule has 0 radical (unpaired) electrons. The lowest BCUT2D eigenvalue weighted by atomic mass is 9.44. The third-order valence-corrected chi connectivity index (χ3v) is 22.7. The van der Waals surface area contributed by atoms with Crippen LogP contribution in [0, 0.1) is 92.7 Å². The topological polar surface area (TPSA) is 105 Å². The Morgan fingerprint density at radius 1 is 0.500 bits per heavy atom. The van der Waals surface area contributed by atoms with Gasteiger partial charge in [-0.25, -0.2) is 9.59 Å². The van der Waals surface area contributed by atoms with Crippen molar-refractivity contribution in [1.29, 1.82) is 0 Å². The third-order valence-electron chi connectivity index (χ3n) is 22.7. The van der Waals surface area contributed by atoms with Crippen molar-refractivity contribution in [2.45, 2.75) is 195 Å². The molecule has 0 N–H and O–H groups in total. The van der Waals surface area contributed by atoms with Crippen molar-refractivity contribution >= 4 is 23.9 Å². The average molecular weight is 911 g/mol. The molecular formula is C58H86O8. The highest BCUT2D eigenvalue weighted by Gasteiger charge is 2.62. The fraction of sp³-hybridized carbons (Fsp3) is 0.828. The summed E-state index contributed by atoms with van der Waals surface area (Å²) in [6.45, 7) is 15.1. The fourth-order valence-electron chi connectivity index (χ4n) is 19.1. The zero-order valence-corrected chi connectivity index (χ0v) is 42.2. The van der Waals surface area contributed by atoms with Gasteiger partial charge in [0.1, 0.15) is 12.2 Å². The summed E-state index contributed by atoms with van der Waals surface area (Å²) >= 11 is 0. The number of ether oxygens (including phenoxy) is 4. The summed E-state index contributed by atoms with van der Waals surface area (Å²) in [5.74, 6) is 7.47. The first-order valence-corrected chi connectivity index (χ1v) is 27.2. The standard InChI is InChI=1S/C58H86O8/c1-35(9-23-51(59)63-7)45-19-21-47-43-17-15-39-33-41(25-29-55(39,3)49(43)27-31-57(45,47)5)65-53(61)37-11-13-38(14-12-37)54(62)66-42-26-30-56(4)40(34-42)16-18-44-48-22-20-46(36(2)10-24-52(60)64-8)58(48,6)32-28-50(44)56/h11-14,35-36,39-50H,9-10,15-34H2,1-8H3/t35-,36-,39-,40-,41-,42-,43+,44+,45-,46-,47+,48+,49+,50+,55+,56+,57-,58-/m1/s1. The monoisotopic (exact) mass is 911 g/mol. The van der Waals surface area contributed by atoms with Crippen LogP contribution in [0.5, 0.6) is 0 Å². The van der Waals surface area contributed by atoms with Crippen molar-refractivity contribution < 1.29 is 38.1 Å². The van der Waals surface area contributed by atoms with E-state index in [9.17, 15) is 19.2 Å². The fourth-order valence-corrected chi connectivity index (χ4v) is 19.1. The van der Waals surface area contributed by atoms with E-state index >= 15 is 0 Å². The Bertz CT molecular complexity index is 1810. The highest BCUT2D eigenvalue weighted by molar-refractivity contribution is 5.93. The average Bonchev–Trinajstić information content (AvgIpc) is 3.86. The Hall–Kier alpha value is -2.90. The molecule has 1 aromatic carbocycles. The first-order chi connectivity index (χ1) is 31.5. The van der Waals surface area contributed by atoms with Crippen LogP contribution in [-0.2, 0) is 28.5 Å². The van der Waals surface area contributed by atoms with E-state index in [2.05, 4.69) is 41.5 Å². The quantitative estimate of drug-likeness (QED) is 0.151. The summed E-state index contributed by atoms with van der Waals surface area (Å²) in [4.78, 5) is 51.1. The number of methoxy groups -OCH3 is 2. The van der Waals surface area contributed by atoms with Crippen LogP contribution in [0.3, 0.4) is 0 Å². The lowest BCUT2D eigenvalue weighted by Crippen LogP contribution is -2.54. The Kier molecular flexibility index (Phi) is 13.7. The molecule has 8 aliphatic rings. The Labute approximate surface area is 397 Å². The van der Waals surface area contributed by atoms with E-state index in [1.54, 1.807) is 24.3 Å². The predicted molar refractivity (Wildman–Crippen MR) is 256 cm³/mol. The normalized spacial score (nSPS) is 43.3. The SMILES string of the molecule is COC(=O)CC[C@@H](C)[C@H]1CC[C@H]2[C@@H]3CC[C@@H]4C[C@H](OC(=O)c5ccc(C(=O)O[C@@H]6CC[C@@]7(C)[C@H](CC[C@@H]8[C@@H]7CC[C@]7(C)[C@@H]([C@H](C)CCC(=O)OC)CC[C@@H]87)C6)cc5)CC[C@]4(C)[C@H]3CC[C@]12C. The molecule has 0 aliphatic heterocycles. The zero-order chi connectivity index (χ0) is 46.8. The van der Waals surface area contributed by atoms with E-state index in [0.29, 0.717) is 81.1 Å².